The minimum absolute atomic E-state index is 0.0382. The van der Waals surface area contributed by atoms with Crippen molar-refractivity contribution < 1.29 is 24.3 Å². The molecule has 0 heterocycles. The lowest BCUT2D eigenvalue weighted by molar-refractivity contribution is -0.142. The van der Waals surface area contributed by atoms with Crippen LogP contribution in [0.2, 0.25) is 0 Å². The molecule has 3 atom stereocenters. The lowest BCUT2D eigenvalue weighted by atomic mass is 10.0. The van der Waals surface area contributed by atoms with E-state index in [1.807, 2.05) is 0 Å². The summed E-state index contributed by atoms with van der Waals surface area (Å²) in [5, 5.41) is 17.2. The van der Waals surface area contributed by atoms with Crippen molar-refractivity contribution in [3.63, 3.8) is 0 Å². The fourth-order valence-electron chi connectivity index (χ4n) is 3.39. The zero-order valence-corrected chi connectivity index (χ0v) is 21.1. The van der Waals surface area contributed by atoms with Crippen LogP contribution in [0.5, 0.6) is 0 Å². The highest BCUT2D eigenvalue weighted by Crippen LogP contribution is 2.07. The van der Waals surface area contributed by atoms with Crippen molar-refractivity contribution in [2.75, 3.05) is 19.6 Å². The van der Waals surface area contributed by atoms with Gasteiger partial charge in [-0.3, -0.25) is 24.4 Å². The molecule has 1 aromatic carbocycles. The number of nitrogens with two attached hydrogens (primary N) is 5. The van der Waals surface area contributed by atoms with E-state index in [1.54, 1.807) is 30.3 Å². The van der Waals surface area contributed by atoms with Crippen LogP contribution >= 0.6 is 0 Å². The Hall–Kier alpha value is -4.40. The van der Waals surface area contributed by atoms with Gasteiger partial charge in [-0.05, 0) is 31.2 Å². The van der Waals surface area contributed by atoms with Crippen LogP contribution < -0.4 is 44.6 Å². The molecule has 0 spiro atoms. The van der Waals surface area contributed by atoms with Gasteiger partial charge in [0, 0.05) is 19.5 Å². The summed E-state index contributed by atoms with van der Waals surface area (Å²) in [6.45, 7) is 0.0485. The molecule has 0 saturated heterocycles. The van der Waals surface area contributed by atoms with Gasteiger partial charge in [-0.15, -0.1) is 0 Å². The summed E-state index contributed by atoms with van der Waals surface area (Å²) in [6.07, 6.45) is 0.938. The van der Waals surface area contributed by atoms with Crippen LogP contribution in [-0.2, 0) is 25.6 Å². The molecule has 14 N–H and O–H groups in total. The first-order chi connectivity index (χ1) is 18.0. The maximum Gasteiger partial charge on any atom is 0.326 e. The van der Waals surface area contributed by atoms with Crippen molar-refractivity contribution >= 4 is 35.6 Å². The molecule has 1 aromatic rings. The second kappa shape index (κ2) is 17.1. The number of nitrogens with one attached hydrogen (secondary N) is 3. The normalized spacial score (nSPS) is 12.8. The average Bonchev–Trinajstić information content (AvgIpc) is 2.87. The first-order valence-electron chi connectivity index (χ1n) is 12.0. The number of aliphatic carboxylic acids is 1. The van der Waals surface area contributed by atoms with E-state index in [9.17, 15) is 24.3 Å². The molecule has 0 aliphatic rings. The van der Waals surface area contributed by atoms with Gasteiger partial charge in [0.25, 0.3) is 0 Å². The predicted octanol–water partition coefficient (Wildman–Crippen LogP) is -3.17. The van der Waals surface area contributed by atoms with Gasteiger partial charge in [-0.1, -0.05) is 30.3 Å². The van der Waals surface area contributed by atoms with Crippen LogP contribution in [-0.4, -0.2) is 78.5 Å². The van der Waals surface area contributed by atoms with Crippen molar-refractivity contribution in [2.24, 2.45) is 38.7 Å². The average molecular weight is 535 g/mol. The third kappa shape index (κ3) is 13.1. The number of aliphatic imine (C=N–C) groups is 2. The molecule has 3 amide bonds. The summed E-state index contributed by atoms with van der Waals surface area (Å²) in [6, 6.07) is 5.37. The molecular weight excluding hydrogens is 496 g/mol. The molecule has 0 aromatic heterocycles. The maximum atomic E-state index is 13.1. The summed E-state index contributed by atoms with van der Waals surface area (Å²) in [4.78, 5) is 57.6. The molecule has 3 unspecified atom stereocenters. The maximum absolute atomic E-state index is 13.1. The van der Waals surface area contributed by atoms with E-state index in [0.717, 1.165) is 0 Å². The topological polar surface area (TPSA) is 279 Å². The number of nitrogens with zero attached hydrogens (tertiary/aromatic N) is 2. The van der Waals surface area contributed by atoms with Gasteiger partial charge in [0.1, 0.15) is 18.1 Å². The van der Waals surface area contributed by atoms with Gasteiger partial charge in [-0.25, -0.2) is 4.79 Å². The Morgan fingerprint density at radius 2 is 1.24 bits per heavy atom. The van der Waals surface area contributed by atoms with Crippen LogP contribution in [0, 0.1) is 0 Å². The molecule has 0 fully saturated rings. The molecular formula is C23H38N10O5. The number of rotatable bonds is 17. The van der Waals surface area contributed by atoms with E-state index < -0.39 is 41.8 Å². The van der Waals surface area contributed by atoms with E-state index in [2.05, 4.69) is 25.9 Å². The van der Waals surface area contributed by atoms with Gasteiger partial charge in [0.05, 0.1) is 6.54 Å². The number of carbonyl (C=O) groups is 4. The fourth-order valence-corrected chi connectivity index (χ4v) is 3.39. The van der Waals surface area contributed by atoms with E-state index in [1.165, 1.54) is 0 Å². The number of guanidine groups is 2. The molecule has 15 heteroatoms. The van der Waals surface area contributed by atoms with Crippen molar-refractivity contribution in [1.29, 1.82) is 0 Å². The number of benzene rings is 1. The zero-order valence-electron chi connectivity index (χ0n) is 21.1. The lowest BCUT2D eigenvalue weighted by Gasteiger charge is -2.24. The van der Waals surface area contributed by atoms with Gasteiger partial charge in [-0.2, -0.15) is 0 Å². The van der Waals surface area contributed by atoms with Gasteiger partial charge >= 0.3 is 5.97 Å². The second-order valence-corrected chi connectivity index (χ2v) is 8.37. The van der Waals surface area contributed by atoms with E-state index >= 15 is 0 Å². The van der Waals surface area contributed by atoms with Crippen LogP contribution in [0.4, 0.5) is 0 Å². The quantitative estimate of drug-likeness (QED) is 0.0549. The molecule has 38 heavy (non-hydrogen) atoms. The molecule has 15 nitrogen and oxygen atoms in total. The first kappa shape index (κ1) is 31.6. The number of hydrogen-bond acceptors (Lipinski definition) is 7. The Labute approximate surface area is 220 Å². The highest BCUT2D eigenvalue weighted by molar-refractivity contribution is 5.93. The van der Waals surface area contributed by atoms with Crippen LogP contribution in [0.3, 0.4) is 0 Å². The summed E-state index contributed by atoms with van der Waals surface area (Å²) < 4.78 is 0. The molecule has 0 aliphatic heterocycles. The minimum atomic E-state index is -1.24. The molecule has 0 bridgehead atoms. The number of amides is 3. The number of carboxylic acid groups (broad SMARTS) is 1. The Morgan fingerprint density at radius 1 is 0.763 bits per heavy atom. The highest BCUT2D eigenvalue weighted by atomic mass is 16.4. The minimum Gasteiger partial charge on any atom is -0.480 e. The van der Waals surface area contributed by atoms with E-state index in [-0.39, 0.29) is 50.8 Å². The van der Waals surface area contributed by atoms with Crippen molar-refractivity contribution in [2.45, 2.75) is 50.2 Å². The lowest BCUT2D eigenvalue weighted by Crippen LogP contribution is -2.56. The van der Waals surface area contributed by atoms with Gasteiger partial charge in [0.2, 0.25) is 17.7 Å². The molecule has 0 aliphatic carbocycles. The fraction of sp³-hybridized carbons (Fsp3) is 0.478. The smallest absolute Gasteiger partial charge is 0.326 e. The Balaban J connectivity index is 3.02. The summed E-state index contributed by atoms with van der Waals surface area (Å²) in [7, 11) is 0. The molecule has 0 saturated carbocycles. The highest BCUT2D eigenvalue weighted by Gasteiger charge is 2.29. The monoisotopic (exact) mass is 534 g/mol. The van der Waals surface area contributed by atoms with Crippen LogP contribution in [0.1, 0.15) is 31.2 Å². The summed E-state index contributed by atoms with van der Waals surface area (Å²) in [5.74, 6) is -3.42. The standard InChI is InChI=1S/C23H38N10O5/c24-13-18(34)31-15(8-4-10-29-22(25)26)19(35)32-16(9-5-11-30-23(27)28)20(36)33-17(21(37)38)12-14-6-2-1-3-7-14/h1-3,6-7,15-17H,4-5,8-13,24H2,(H,31,34)(H,32,35)(H,33,36)(H,37,38)(H4,25,26,29)(H4,27,28,30). The zero-order chi connectivity index (χ0) is 28.5. The first-order valence-corrected chi connectivity index (χ1v) is 12.0. The number of carbonyl (C=O) groups excluding carboxylic acids is 3. The Bertz CT molecular complexity index is 978. The summed E-state index contributed by atoms with van der Waals surface area (Å²) in [5.41, 5.74) is 27.4. The number of carboxylic acids is 1. The molecule has 1 rings (SSSR count). The molecule has 210 valence electrons. The van der Waals surface area contributed by atoms with E-state index in [0.29, 0.717) is 18.4 Å². The predicted molar refractivity (Wildman–Crippen MR) is 142 cm³/mol. The van der Waals surface area contributed by atoms with Crippen molar-refractivity contribution in [1.82, 2.24) is 16.0 Å². The summed E-state index contributed by atoms with van der Waals surface area (Å²) >= 11 is 0. The third-order valence-corrected chi connectivity index (χ3v) is 5.26. The van der Waals surface area contributed by atoms with Gasteiger partial charge in [0.15, 0.2) is 11.9 Å². The molecule has 0 radical (unpaired) electrons. The largest absolute Gasteiger partial charge is 0.480 e. The van der Waals surface area contributed by atoms with Crippen LogP contribution in [0.25, 0.3) is 0 Å². The number of hydrogen-bond donors (Lipinski definition) is 9. The van der Waals surface area contributed by atoms with Crippen molar-refractivity contribution in [3.8, 4) is 0 Å². The van der Waals surface area contributed by atoms with Crippen molar-refractivity contribution in [3.05, 3.63) is 35.9 Å². The Kier molecular flexibility index (Phi) is 14.3. The Morgan fingerprint density at radius 3 is 1.68 bits per heavy atom. The van der Waals surface area contributed by atoms with E-state index in [4.69, 9.17) is 28.7 Å². The van der Waals surface area contributed by atoms with Crippen LogP contribution in [0.15, 0.2) is 40.3 Å². The SMILES string of the molecule is NCC(=O)NC(CCCN=C(N)N)C(=O)NC(CCCN=C(N)N)C(=O)NC(Cc1ccccc1)C(=O)O. The van der Waals surface area contributed by atoms with Gasteiger partial charge < -0.3 is 49.7 Å². The second-order valence-electron chi connectivity index (χ2n) is 8.37. The third-order valence-electron chi connectivity index (χ3n) is 5.26.